The van der Waals surface area contributed by atoms with E-state index in [-0.39, 0.29) is 6.04 Å². The van der Waals surface area contributed by atoms with Crippen LogP contribution >= 0.6 is 0 Å². The Morgan fingerprint density at radius 1 is 1.38 bits per heavy atom. The van der Waals surface area contributed by atoms with Crippen LogP contribution in [0.2, 0.25) is 0 Å². The molecule has 0 heterocycles. The third-order valence-corrected chi connectivity index (χ3v) is 1.94. The molecule has 1 aromatic rings. The lowest BCUT2D eigenvalue weighted by molar-refractivity contribution is 0.662. The van der Waals surface area contributed by atoms with E-state index in [1.54, 1.807) is 0 Å². The smallest absolute Gasteiger partial charge is 0.0349 e. The van der Waals surface area contributed by atoms with E-state index >= 15 is 0 Å². The van der Waals surface area contributed by atoms with Gasteiger partial charge in [-0.2, -0.15) is 0 Å². The largest absolute Gasteiger partial charge is 0.0909 e. The predicted molar refractivity (Wildman–Crippen MR) is 53.4 cm³/mol. The van der Waals surface area contributed by atoms with Crippen molar-refractivity contribution < 1.29 is 0 Å². The summed E-state index contributed by atoms with van der Waals surface area (Å²) in [6, 6.07) is 10.3. The molecule has 1 rings (SSSR count). The maximum absolute atomic E-state index is 8.19. The Kier molecular flexibility index (Phi) is 3.86. The topological polar surface area (TPSA) is 48.8 Å². The first-order valence-corrected chi connectivity index (χ1v) is 4.41. The number of hydrogen-bond acceptors (Lipinski definition) is 1. The molecule has 1 atom stereocenters. The second kappa shape index (κ2) is 5.22. The molecule has 3 heteroatoms. The van der Waals surface area contributed by atoms with Gasteiger partial charge in [-0.25, -0.2) is 0 Å². The van der Waals surface area contributed by atoms with Crippen LogP contribution in [0, 0.1) is 0 Å². The van der Waals surface area contributed by atoms with E-state index < -0.39 is 0 Å². The Hall–Kier alpha value is -1.47. The average molecular weight is 175 g/mol. The molecule has 0 spiro atoms. The van der Waals surface area contributed by atoms with Crippen LogP contribution in [0.5, 0.6) is 0 Å². The number of nitrogens with zero attached hydrogens (tertiary/aromatic N) is 3. The van der Waals surface area contributed by atoms with Crippen molar-refractivity contribution >= 4 is 0 Å². The standard InChI is InChI=1S/C10H13N3/c1-9(12-13-11)7-8-10-5-3-2-4-6-10/h2-6,9H,7-8H2,1H3. The third kappa shape index (κ3) is 3.63. The van der Waals surface area contributed by atoms with Crippen LogP contribution in [-0.4, -0.2) is 6.04 Å². The van der Waals surface area contributed by atoms with Crippen molar-refractivity contribution in [3.63, 3.8) is 0 Å². The van der Waals surface area contributed by atoms with Gasteiger partial charge in [0.05, 0.1) is 0 Å². The molecule has 13 heavy (non-hydrogen) atoms. The van der Waals surface area contributed by atoms with Gasteiger partial charge in [0.15, 0.2) is 0 Å². The maximum atomic E-state index is 8.19. The summed E-state index contributed by atoms with van der Waals surface area (Å²) in [6.45, 7) is 1.93. The number of aryl methyl sites for hydroxylation is 1. The van der Waals surface area contributed by atoms with Gasteiger partial charge in [0.2, 0.25) is 0 Å². The fourth-order valence-electron chi connectivity index (χ4n) is 1.17. The van der Waals surface area contributed by atoms with Crippen LogP contribution in [0.3, 0.4) is 0 Å². The summed E-state index contributed by atoms with van der Waals surface area (Å²) in [6.07, 6.45) is 1.88. The first kappa shape index (κ1) is 9.62. The van der Waals surface area contributed by atoms with Crippen LogP contribution in [0.15, 0.2) is 35.4 Å². The molecular weight excluding hydrogens is 162 g/mol. The highest BCUT2D eigenvalue weighted by Gasteiger charge is 1.98. The molecular formula is C10H13N3. The van der Waals surface area contributed by atoms with Crippen LogP contribution in [0.25, 0.3) is 10.4 Å². The highest BCUT2D eigenvalue weighted by Crippen LogP contribution is 2.06. The number of hydrogen-bond donors (Lipinski definition) is 0. The Morgan fingerprint density at radius 3 is 2.69 bits per heavy atom. The second-order valence-corrected chi connectivity index (χ2v) is 3.08. The summed E-state index contributed by atoms with van der Waals surface area (Å²) in [7, 11) is 0. The van der Waals surface area contributed by atoms with E-state index in [0.29, 0.717) is 0 Å². The van der Waals surface area contributed by atoms with Crippen molar-refractivity contribution in [3.8, 4) is 0 Å². The van der Waals surface area contributed by atoms with E-state index in [4.69, 9.17) is 5.53 Å². The zero-order chi connectivity index (χ0) is 9.52. The molecule has 0 aliphatic heterocycles. The normalized spacial score (nSPS) is 11.8. The van der Waals surface area contributed by atoms with Gasteiger partial charge in [0.1, 0.15) is 0 Å². The SMILES string of the molecule is CC(CCc1ccccc1)N=[N+]=[N-]. The van der Waals surface area contributed by atoms with Gasteiger partial charge in [-0.05, 0) is 23.9 Å². The molecule has 0 radical (unpaired) electrons. The summed E-state index contributed by atoms with van der Waals surface area (Å²) in [5.41, 5.74) is 9.49. The molecule has 0 amide bonds. The molecule has 1 unspecified atom stereocenters. The summed E-state index contributed by atoms with van der Waals surface area (Å²) >= 11 is 0. The van der Waals surface area contributed by atoms with Crippen LogP contribution in [0.1, 0.15) is 18.9 Å². The number of benzene rings is 1. The van der Waals surface area contributed by atoms with Gasteiger partial charge in [-0.3, -0.25) is 0 Å². The highest BCUT2D eigenvalue weighted by atomic mass is 15.1. The summed E-state index contributed by atoms with van der Waals surface area (Å²) in [5, 5.41) is 3.62. The van der Waals surface area contributed by atoms with Crippen molar-refractivity contribution in [1.29, 1.82) is 0 Å². The minimum absolute atomic E-state index is 0.0882. The number of rotatable bonds is 4. The van der Waals surface area contributed by atoms with Crippen LogP contribution in [-0.2, 0) is 6.42 Å². The Balaban J connectivity index is 2.39. The van der Waals surface area contributed by atoms with E-state index in [1.165, 1.54) is 5.56 Å². The van der Waals surface area contributed by atoms with Crippen LogP contribution in [0.4, 0.5) is 0 Å². The second-order valence-electron chi connectivity index (χ2n) is 3.08. The summed E-state index contributed by atoms with van der Waals surface area (Å²) in [4.78, 5) is 2.77. The predicted octanol–water partition coefficient (Wildman–Crippen LogP) is 3.32. The van der Waals surface area contributed by atoms with E-state index in [0.717, 1.165) is 12.8 Å². The molecule has 3 nitrogen and oxygen atoms in total. The van der Waals surface area contributed by atoms with Gasteiger partial charge in [0.25, 0.3) is 0 Å². The molecule has 0 N–H and O–H groups in total. The van der Waals surface area contributed by atoms with E-state index in [9.17, 15) is 0 Å². The average Bonchev–Trinajstić information content (AvgIpc) is 2.17. The highest BCUT2D eigenvalue weighted by molar-refractivity contribution is 5.14. The first-order valence-electron chi connectivity index (χ1n) is 4.41. The van der Waals surface area contributed by atoms with Crippen molar-refractivity contribution in [2.45, 2.75) is 25.8 Å². The lowest BCUT2D eigenvalue weighted by Gasteiger charge is -2.03. The Morgan fingerprint density at radius 2 is 2.08 bits per heavy atom. The molecule has 68 valence electrons. The van der Waals surface area contributed by atoms with Gasteiger partial charge in [-0.15, -0.1) is 0 Å². The van der Waals surface area contributed by atoms with Crippen molar-refractivity contribution in [2.75, 3.05) is 0 Å². The zero-order valence-electron chi connectivity index (χ0n) is 7.72. The molecule has 0 saturated heterocycles. The Bertz CT molecular complexity index is 288. The lowest BCUT2D eigenvalue weighted by Crippen LogP contribution is -1.98. The Labute approximate surface area is 78.0 Å². The number of azide groups is 1. The molecule has 0 aliphatic rings. The molecule has 1 aromatic carbocycles. The minimum atomic E-state index is 0.0882. The van der Waals surface area contributed by atoms with Crippen molar-refractivity contribution in [1.82, 2.24) is 0 Å². The van der Waals surface area contributed by atoms with Gasteiger partial charge < -0.3 is 0 Å². The quantitative estimate of drug-likeness (QED) is 0.383. The molecule has 0 aromatic heterocycles. The van der Waals surface area contributed by atoms with Gasteiger partial charge in [0, 0.05) is 11.0 Å². The van der Waals surface area contributed by atoms with Gasteiger partial charge >= 0.3 is 0 Å². The first-order chi connectivity index (χ1) is 6.33. The zero-order valence-corrected chi connectivity index (χ0v) is 7.72. The fourth-order valence-corrected chi connectivity index (χ4v) is 1.17. The third-order valence-electron chi connectivity index (χ3n) is 1.94. The molecule has 0 fully saturated rings. The minimum Gasteiger partial charge on any atom is -0.0909 e. The van der Waals surface area contributed by atoms with Crippen molar-refractivity contribution in [3.05, 3.63) is 46.3 Å². The van der Waals surface area contributed by atoms with Crippen molar-refractivity contribution in [2.24, 2.45) is 5.11 Å². The van der Waals surface area contributed by atoms with E-state index in [2.05, 4.69) is 22.2 Å². The van der Waals surface area contributed by atoms with Crippen LogP contribution < -0.4 is 0 Å². The molecule has 0 bridgehead atoms. The van der Waals surface area contributed by atoms with E-state index in [1.807, 2.05) is 25.1 Å². The molecule has 0 saturated carbocycles. The summed E-state index contributed by atoms with van der Waals surface area (Å²) < 4.78 is 0. The fraction of sp³-hybridized carbons (Fsp3) is 0.400. The monoisotopic (exact) mass is 175 g/mol. The maximum Gasteiger partial charge on any atom is 0.0349 e. The van der Waals surface area contributed by atoms with Gasteiger partial charge in [-0.1, -0.05) is 42.4 Å². The summed E-state index contributed by atoms with van der Waals surface area (Å²) in [5.74, 6) is 0. The molecule has 0 aliphatic carbocycles. The lowest BCUT2D eigenvalue weighted by atomic mass is 10.1.